The number of carbonyl (C=O) groups is 2. The van der Waals surface area contributed by atoms with Crippen LogP contribution in [0.4, 0.5) is 0 Å². The number of benzene rings is 1. The molecule has 1 saturated carbocycles. The molecule has 1 N–H and O–H groups in total. The summed E-state index contributed by atoms with van der Waals surface area (Å²) in [5, 5.41) is 3.11. The Labute approximate surface area is 215 Å². The molecule has 0 spiro atoms. The first-order valence-electron chi connectivity index (χ1n) is 12.5. The first-order valence-corrected chi connectivity index (χ1v) is 13.3. The van der Waals surface area contributed by atoms with Crippen LogP contribution >= 0.6 is 11.3 Å². The minimum atomic E-state index is -0.558. The van der Waals surface area contributed by atoms with Crippen molar-refractivity contribution in [2.75, 3.05) is 20.3 Å². The highest BCUT2D eigenvalue weighted by atomic mass is 32.1. The fourth-order valence-electron chi connectivity index (χ4n) is 4.46. The standard InChI is InChI=1S/C27H36N2O6S/c1-6-34-22-13-19(11-12-21(22)33-5)14-23-27(32)29(25(36-23)15-26(31)35-7-2)16-24(30)28-20-10-8-9-17(3)18(20)4/h11-15,17-18,20H,6-10,16H2,1-5H3,(H,28,30)/b23-14-,25-15-. The van der Waals surface area contributed by atoms with Crippen molar-refractivity contribution in [1.82, 2.24) is 9.88 Å². The number of nitrogens with one attached hydrogen (secondary N) is 1. The molecule has 9 heteroatoms. The Bertz CT molecular complexity index is 1250. The maximum Gasteiger partial charge on any atom is 0.333 e. The van der Waals surface area contributed by atoms with E-state index in [1.54, 1.807) is 32.2 Å². The predicted molar refractivity (Wildman–Crippen MR) is 141 cm³/mol. The maximum atomic E-state index is 13.3. The summed E-state index contributed by atoms with van der Waals surface area (Å²) < 4.78 is 18.1. The number of ether oxygens (including phenoxy) is 3. The van der Waals surface area contributed by atoms with Gasteiger partial charge in [-0.15, -0.1) is 11.3 Å². The molecule has 3 unspecified atom stereocenters. The van der Waals surface area contributed by atoms with Crippen LogP contribution in [0, 0.1) is 11.8 Å². The monoisotopic (exact) mass is 516 g/mol. The highest BCUT2D eigenvalue weighted by Crippen LogP contribution is 2.29. The molecule has 0 saturated heterocycles. The molecule has 36 heavy (non-hydrogen) atoms. The van der Waals surface area contributed by atoms with E-state index in [2.05, 4.69) is 19.2 Å². The lowest BCUT2D eigenvalue weighted by molar-refractivity contribution is -0.135. The first-order chi connectivity index (χ1) is 17.3. The number of hydrogen-bond donors (Lipinski definition) is 1. The van der Waals surface area contributed by atoms with E-state index in [9.17, 15) is 14.4 Å². The molecule has 1 heterocycles. The molecule has 1 amide bonds. The van der Waals surface area contributed by atoms with Crippen LogP contribution in [0.1, 0.15) is 52.5 Å². The smallest absolute Gasteiger partial charge is 0.333 e. The van der Waals surface area contributed by atoms with Gasteiger partial charge < -0.3 is 19.5 Å². The van der Waals surface area contributed by atoms with E-state index in [1.807, 2.05) is 13.0 Å². The summed E-state index contributed by atoms with van der Waals surface area (Å²) in [4.78, 5) is 38.5. The third kappa shape index (κ3) is 6.78. The normalized spacial score (nSPS) is 20.8. The second-order valence-electron chi connectivity index (χ2n) is 9.02. The van der Waals surface area contributed by atoms with E-state index in [0.29, 0.717) is 39.1 Å². The summed E-state index contributed by atoms with van der Waals surface area (Å²) in [5.74, 6) is 1.26. The average molecular weight is 517 g/mol. The summed E-state index contributed by atoms with van der Waals surface area (Å²) >= 11 is 1.14. The number of thiazole rings is 1. The molecule has 1 aliphatic carbocycles. The summed E-state index contributed by atoms with van der Waals surface area (Å²) in [6.45, 7) is 8.47. The molecule has 1 fully saturated rings. The molecule has 8 nitrogen and oxygen atoms in total. The van der Waals surface area contributed by atoms with Gasteiger partial charge in [-0.2, -0.15) is 0 Å². The molecule has 2 aromatic rings. The number of aromatic nitrogens is 1. The van der Waals surface area contributed by atoms with E-state index >= 15 is 0 Å². The quantitative estimate of drug-likeness (QED) is 0.515. The fourth-order valence-corrected chi connectivity index (χ4v) is 5.49. The number of rotatable bonds is 9. The van der Waals surface area contributed by atoms with Gasteiger partial charge in [0.1, 0.15) is 11.2 Å². The zero-order valence-electron chi connectivity index (χ0n) is 21.7. The third-order valence-electron chi connectivity index (χ3n) is 6.60. The number of methoxy groups -OCH3 is 1. The highest BCUT2D eigenvalue weighted by molar-refractivity contribution is 7.07. The Morgan fingerprint density at radius 2 is 1.94 bits per heavy atom. The van der Waals surface area contributed by atoms with Crippen molar-refractivity contribution >= 4 is 35.4 Å². The summed E-state index contributed by atoms with van der Waals surface area (Å²) in [7, 11) is 1.57. The number of nitrogens with zero attached hydrogens (tertiary/aromatic N) is 1. The number of hydrogen-bond acceptors (Lipinski definition) is 7. The van der Waals surface area contributed by atoms with Crippen molar-refractivity contribution in [3.63, 3.8) is 0 Å². The molecular formula is C27H36N2O6S. The van der Waals surface area contributed by atoms with E-state index in [4.69, 9.17) is 14.2 Å². The third-order valence-corrected chi connectivity index (χ3v) is 7.66. The van der Waals surface area contributed by atoms with Gasteiger partial charge in [-0.3, -0.25) is 14.2 Å². The van der Waals surface area contributed by atoms with Gasteiger partial charge in [-0.1, -0.05) is 32.8 Å². The van der Waals surface area contributed by atoms with Gasteiger partial charge in [0, 0.05) is 6.04 Å². The van der Waals surface area contributed by atoms with E-state index in [-0.39, 0.29) is 30.7 Å². The lowest BCUT2D eigenvalue weighted by Gasteiger charge is -2.34. The predicted octanol–water partition coefficient (Wildman–Crippen LogP) is 2.43. The van der Waals surface area contributed by atoms with Crippen LogP contribution in [0.5, 0.6) is 11.5 Å². The molecule has 0 bridgehead atoms. The topological polar surface area (TPSA) is 95.9 Å². The van der Waals surface area contributed by atoms with Crippen molar-refractivity contribution in [3.05, 3.63) is 43.3 Å². The molecule has 1 aromatic carbocycles. The van der Waals surface area contributed by atoms with Gasteiger partial charge >= 0.3 is 5.97 Å². The van der Waals surface area contributed by atoms with Crippen LogP contribution in [-0.4, -0.2) is 42.8 Å². The zero-order chi connectivity index (χ0) is 26.2. The van der Waals surface area contributed by atoms with Gasteiger partial charge in [0.25, 0.3) is 5.56 Å². The van der Waals surface area contributed by atoms with Gasteiger partial charge in [0.2, 0.25) is 5.91 Å². The lowest BCUT2D eigenvalue weighted by atomic mass is 9.78. The second-order valence-corrected chi connectivity index (χ2v) is 10.1. The average Bonchev–Trinajstić information content (AvgIpc) is 3.11. The molecule has 0 radical (unpaired) electrons. The molecule has 1 aromatic heterocycles. The van der Waals surface area contributed by atoms with Crippen molar-refractivity contribution in [2.45, 2.75) is 59.5 Å². The fraction of sp³-hybridized carbons (Fsp3) is 0.519. The second kappa shape index (κ2) is 12.8. The maximum absolute atomic E-state index is 13.3. The van der Waals surface area contributed by atoms with E-state index in [1.165, 1.54) is 10.6 Å². The van der Waals surface area contributed by atoms with Gasteiger partial charge in [0.15, 0.2) is 11.5 Å². The first kappa shape index (κ1) is 27.5. The van der Waals surface area contributed by atoms with Crippen LogP contribution in [0.3, 0.4) is 0 Å². The van der Waals surface area contributed by atoms with Crippen LogP contribution in [0.25, 0.3) is 12.2 Å². The van der Waals surface area contributed by atoms with Crippen LogP contribution < -0.4 is 29.5 Å². The molecule has 3 rings (SSSR count). The largest absolute Gasteiger partial charge is 0.493 e. The van der Waals surface area contributed by atoms with Gasteiger partial charge in [0.05, 0.1) is 30.9 Å². The Kier molecular flexibility index (Phi) is 9.75. The molecule has 196 valence electrons. The Hall–Kier alpha value is -3.07. The van der Waals surface area contributed by atoms with Crippen molar-refractivity contribution in [2.24, 2.45) is 11.8 Å². The SMILES string of the molecule is CCOC(=O)/C=c1\s/c(=C\c2ccc(OC)c(OCC)c2)c(=O)n1CC(=O)NC1CCCC(C)C1C. The van der Waals surface area contributed by atoms with E-state index in [0.717, 1.165) is 36.2 Å². The molecular weight excluding hydrogens is 480 g/mol. The minimum absolute atomic E-state index is 0.0791. The summed E-state index contributed by atoms with van der Waals surface area (Å²) in [5.41, 5.74) is 0.395. The molecule has 1 aliphatic rings. The molecule has 3 atom stereocenters. The van der Waals surface area contributed by atoms with Crippen molar-refractivity contribution in [3.8, 4) is 11.5 Å². The van der Waals surface area contributed by atoms with Crippen LogP contribution in [0.2, 0.25) is 0 Å². The highest BCUT2D eigenvalue weighted by Gasteiger charge is 2.28. The zero-order valence-corrected chi connectivity index (χ0v) is 22.5. The van der Waals surface area contributed by atoms with Crippen LogP contribution in [0.15, 0.2) is 23.0 Å². The number of amides is 1. The number of esters is 1. The van der Waals surface area contributed by atoms with Crippen molar-refractivity contribution < 1.29 is 23.8 Å². The Morgan fingerprint density at radius 1 is 1.17 bits per heavy atom. The Morgan fingerprint density at radius 3 is 2.64 bits per heavy atom. The summed E-state index contributed by atoms with van der Waals surface area (Å²) in [6, 6.07) is 5.46. The lowest BCUT2D eigenvalue weighted by Crippen LogP contribution is -2.46. The van der Waals surface area contributed by atoms with Crippen LogP contribution in [-0.2, 0) is 20.9 Å². The number of carbonyl (C=O) groups excluding carboxylic acids is 2. The summed E-state index contributed by atoms with van der Waals surface area (Å²) in [6.07, 6.45) is 6.14. The molecule has 0 aliphatic heterocycles. The Balaban J connectivity index is 1.98. The van der Waals surface area contributed by atoms with E-state index < -0.39 is 5.97 Å². The van der Waals surface area contributed by atoms with Gasteiger partial charge in [-0.25, -0.2) is 4.79 Å². The van der Waals surface area contributed by atoms with Crippen molar-refractivity contribution in [1.29, 1.82) is 0 Å². The van der Waals surface area contributed by atoms with Gasteiger partial charge in [-0.05, 0) is 55.9 Å². The minimum Gasteiger partial charge on any atom is -0.493 e.